The van der Waals surface area contributed by atoms with Crippen LogP contribution in [0.1, 0.15) is 10.7 Å². The summed E-state index contributed by atoms with van der Waals surface area (Å²) in [7, 11) is 0. The molecule has 14 heavy (non-hydrogen) atoms. The fraction of sp³-hybridized carbons (Fsp3) is 0.286. The lowest BCUT2D eigenvalue weighted by Gasteiger charge is -1.89. The second kappa shape index (κ2) is 3.97. The summed E-state index contributed by atoms with van der Waals surface area (Å²) in [6, 6.07) is 0. The van der Waals surface area contributed by atoms with Crippen molar-refractivity contribution in [3.63, 3.8) is 0 Å². The Bertz CT molecular complexity index is 385. The van der Waals surface area contributed by atoms with E-state index in [-0.39, 0.29) is 0 Å². The summed E-state index contributed by atoms with van der Waals surface area (Å²) >= 11 is 2.86. The van der Waals surface area contributed by atoms with Gasteiger partial charge in [0, 0.05) is 0 Å². The molecule has 0 aliphatic rings. The fourth-order valence-electron chi connectivity index (χ4n) is 0.847. The van der Waals surface area contributed by atoms with Gasteiger partial charge >= 0.3 is 0 Å². The summed E-state index contributed by atoms with van der Waals surface area (Å²) in [6.07, 6.45) is 1.62. The van der Waals surface area contributed by atoms with Crippen LogP contribution in [0.15, 0.2) is 15.9 Å². The summed E-state index contributed by atoms with van der Waals surface area (Å²) in [5.41, 5.74) is 6.33. The Labute approximate surface area is 88.7 Å². The van der Waals surface area contributed by atoms with Crippen molar-refractivity contribution in [2.24, 2.45) is 0 Å². The molecule has 2 heterocycles. The summed E-state index contributed by atoms with van der Waals surface area (Å²) < 4.78 is 5.17. The lowest BCUT2D eigenvalue weighted by Crippen LogP contribution is -1.81. The van der Waals surface area contributed by atoms with Crippen LogP contribution in [-0.2, 0) is 5.75 Å². The number of hydrogen-bond acceptors (Lipinski definition) is 7. The maximum absolute atomic E-state index is 5.45. The van der Waals surface area contributed by atoms with E-state index in [4.69, 9.17) is 10.2 Å². The highest BCUT2D eigenvalue weighted by Gasteiger charge is 2.05. The van der Waals surface area contributed by atoms with Gasteiger partial charge in [0.15, 0.2) is 0 Å². The molecule has 0 unspecified atom stereocenters. The third kappa shape index (κ3) is 2.24. The minimum absolute atomic E-state index is 0.490. The maximum Gasteiger partial charge on any atom is 0.256 e. The van der Waals surface area contributed by atoms with Gasteiger partial charge in [0.1, 0.15) is 11.3 Å². The Balaban J connectivity index is 1.94. The van der Waals surface area contributed by atoms with Crippen LogP contribution in [-0.4, -0.2) is 15.2 Å². The molecule has 2 aromatic heterocycles. The lowest BCUT2D eigenvalue weighted by molar-refractivity contribution is 0.454. The molecule has 2 N–H and O–H groups in total. The molecule has 74 valence electrons. The Morgan fingerprint density at radius 1 is 1.57 bits per heavy atom. The van der Waals surface area contributed by atoms with E-state index in [2.05, 4.69) is 15.2 Å². The Morgan fingerprint density at radius 3 is 3.00 bits per heavy atom. The highest BCUT2D eigenvalue weighted by molar-refractivity contribution is 7.98. The highest BCUT2D eigenvalue weighted by Crippen LogP contribution is 2.23. The van der Waals surface area contributed by atoms with Gasteiger partial charge < -0.3 is 10.2 Å². The number of nitrogens with zero attached hydrogens (tertiary/aromatic N) is 3. The van der Waals surface area contributed by atoms with Crippen molar-refractivity contribution >= 4 is 28.2 Å². The Morgan fingerprint density at radius 2 is 2.43 bits per heavy atom. The number of hydrogen-bond donors (Lipinski definition) is 1. The number of nitrogen functional groups attached to an aromatic ring is 1. The molecule has 2 rings (SSSR count). The second-order valence-electron chi connectivity index (χ2n) is 2.58. The molecular weight excluding hydrogens is 220 g/mol. The van der Waals surface area contributed by atoms with E-state index >= 15 is 0 Å². The largest absolute Gasteiger partial charge is 0.440 e. The van der Waals surface area contributed by atoms with Crippen molar-refractivity contribution < 1.29 is 4.42 Å². The summed E-state index contributed by atoms with van der Waals surface area (Å²) in [5, 5.41) is 9.62. The summed E-state index contributed by atoms with van der Waals surface area (Å²) in [6.45, 7) is 1.89. The standard InChI is InChI=1S/C7H8N4OS2/c1-4-2-12-7(9-4)13-3-5-10-11-6(8)14-5/h2H,3H2,1H3,(H2,8,11). The topological polar surface area (TPSA) is 77.8 Å². The Hall–Kier alpha value is -1.08. The first-order valence-electron chi connectivity index (χ1n) is 3.87. The van der Waals surface area contributed by atoms with Gasteiger partial charge in [-0.05, 0) is 6.92 Å². The lowest BCUT2D eigenvalue weighted by atomic mass is 10.6. The fourth-order valence-corrected chi connectivity index (χ4v) is 2.29. The van der Waals surface area contributed by atoms with Gasteiger partial charge in [-0.15, -0.1) is 10.2 Å². The predicted molar refractivity (Wildman–Crippen MR) is 55.1 cm³/mol. The summed E-state index contributed by atoms with van der Waals surface area (Å²) in [5.74, 6) is 0.689. The van der Waals surface area contributed by atoms with Crippen LogP contribution in [0.25, 0.3) is 0 Å². The van der Waals surface area contributed by atoms with E-state index in [0.29, 0.717) is 16.1 Å². The maximum atomic E-state index is 5.45. The molecule has 7 heteroatoms. The predicted octanol–water partition coefficient (Wildman–Crippen LogP) is 1.71. The van der Waals surface area contributed by atoms with Crippen molar-refractivity contribution in [1.82, 2.24) is 15.2 Å². The van der Waals surface area contributed by atoms with Gasteiger partial charge in [-0.3, -0.25) is 0 Å². The first kappa shape index (κ1) is 9.47. The summed E-state index contributed by atoms with van der Waals surface area (Å²) in [4.78, 5) is 4.15. The van der Waals surface area contributed by atoms with Crippen molar-refractivity contribution in [1.29, 1.82) is 0 Å². The minimum atomic E-state index is 0.490. The number of rotatable bonds is 3. The molecule has 0 aromatic carbocycles. The molecule has 0 aliphatic carbocycles. The third-order valence-electron chi connectivity index (χ3n) is 1.40. The van der Waals surface area contributed by atoms with Gasteiger partial charge in [0.05, 0.1) is 11.4 Å². The molecule has 0 spiro atoms. The quantitative estimate of drug-likeness (QED) is 0.806. The molecule has 0 radical (unpaired) electrons. The number of oxazole rings is 1. The zero-order valence-corrected chi connectivity index (χ0v) is 9.06. The average Bonchev–Trinajstić information content (AvgIpc) is 2.72. The zero-order chi connectivity index (χ0) is 9.97. The molecule has 0 fully saturated rings. The van der Waals surface area contributed by atoms with Crippen LogP contribution in [0.3, 0.4) is 0 Å². The third-order valence-corrected chi connectivity index (χ3v) is 3.19. The van der Waals surface area contributed by atoms with Gasteiger partial charge in [-0.1, -0.05) is 23.1 Å². The Kier molecular flexibility index (Phi) is 2.69. The number of thioether (sulfide) groups is 1. The van der Waals surface area contributed by atoms with Gasteiger partial charge in [0.25, 0.3) is 5.22 Å². The van der Waals surface area contributed by atoms with E-state index in [1.54, 1.807) is 6.26 Å². The first-order chi connectivity index (χ1) is 6.74. The van der Waals surface area contributed by atoms with E-state index in [1.165, 1.54) is 23.1 Å². The number of aromatic nitrogens is 3. The molecule has 0 saturated carbocycles. The van der Waals surface area contributed by atoms with E-state index < -0.39 is 0 Å². The number of anilines is 1. The molecule has 0 saturated heterocycles. The normalized spacial score (nSPS) is 10.6. The number of aryl methyl sites for hydroxylation is 1. The van der Waals surface area contributed by atoms with Gasteiger partial charge in [-0.2, -0.15) is 0 Å². The highest BCUT2D eigenvalue weighted by atomic mass is 32.2. The molecule has 0 atom stereocenters. The minimum Gasteiger partial charge on any atom is -0.440 e. The second-order valence-corrected chi connectivity index (χ2v) is 4.60. The van der Waals surface area contributed by atoms with E-state index in [1.807, 2.05) is 6.92 Å². The van der Waals surface area contributed by atoms with Crippen molar-refractivity contribution in [3.8, 4) is 0 Å². The molecule has 5 nitrogen and oxygen atoms in total. The monoisotopic (exact) mass is 228 g/mol. The van der Waals surface area contributed by atoms with Crippen LogP contribution in [0.2, 0.25) is 0 Å². The van der Waals surface area contributed by atoms with E-state index in [0.717, 1.165) is 10.7 Å². The van der Waals surface area contributed by atoms with Crippen LogP contribution in [0.4, 0.5) is 5.13 Å². The van der Waals surface area contributed by atoms with Crippen molar-refractivity contribution in [2.45, 2.75) is 17.9 Å². The first-order valence-corrected chi connectivity index (χ1v) is 5.67. The molecule has 0 amide bonds. The smallest absolute Gasteiger partial charge is 0.256 e. The molecule has 0 bridgehead atoms. The van der Waals surface area contributed by atoms with Crippen LogP contribution in [0, 0.1) is 6.92 Å². The average molecular weight is 228 g/mol. The zero-order valence-electron chi connectivity index (χ0n) is 7.43. The number of nitrogens with two attached hydrogens (primary N) is 1. The van der Waals surface area contributed by atoms with Crippen LogP contribution >= 0.6 is 23.1 Å². The van der Waals surface area contributed by atoms with Crippen LogP contribution < -0.4 is 5.73 Å². The van der Waals surface area contributed by atoms with E-state index in [9.17, 15) is 0 Å². The molecule has 2 aromatic rings. The SMILES string of the molecule is Cc1coc(SCc2nnc(N)s2)n1. The molecule has 0 aliphatic heterocycles. The van der Waals surface area contributed by atoms with Gasteiger partial charge in [0.2, 0.25) is 5.13 Å². The van der Waals surface area contributed by atoms with Gasteiger partial charge in [-0.25, -0.2) is 4.98 Å². The van der Waals surface area contributed by atoms with Crippen molar-refractivity contribution in [3.05, 3.63) is 17.0 Å². The van der Waals surface area contributed by atoms with Crippen LogP contribution in [0.5, 0.6) is 0 Å². The van der Waals surface area contributed by atoms with Crippen molar-refractivity contribution in [2.75, 3.05) is 5.73 Å². The molecular formula is C7H8N4OS2.